The van der Waals surface area contributed by atoms with Gasteiger partial charge in [0.15, 0.2) is 0 Å². The van der Waals surface area contributed by atoms with Gasteiger partial charge in [-0.1, -0.05) is 19.3 Å². The number of hydrogen-bond acceptors (Lipinski definition) is 5. The molecule has 0 unspecified atom stereocenters. The molecule has 3 aliphatic rings. The van der Waals surface area contributed by atoms with Gasteiger partial charge < -0.3 is 5.32 Å². The van der Waals surface area contributed by atoms with Gasteiger partial charge in [0.1, 0.15) is 5.82 Å². The minimum absolute atomic E-state index is 0.142. The first kappa shape index (κ1) is 16.3. The highest BCUT2D eigenvalue weighted by Crippen LogP contribution is 2.41. The normalized spacial score (nSPS) is 31.9. The van der Waals surface area contributed by atoms with Crippen LogP contribution in [0.15, 0.2) is 18.6 Å². The maximum atomic E-state index is 13.0. The van der Waals surface area contributed by atoms with Crippen molar-refractivity contribution in [1.29, 1.82) is 0 Å². The second-order valence-electron chi connectivity index (χ2n) is 7.46. The molecule has 24 heavy (non-hydrogen) atoms. The van der Waals surface area contributed by atoms with Crippen LogP contribution in [-0.4, -0.2) is 47.1 Å². The van der Waals surface area contributed by atoms with Crippen molar-refractivity contribution in [3.8, 4) is 0 Å². The number of fused-ring (bicyclic) bond motifs is 1. The maximum absolute atomic E-state index is 13.0. The van der Waals surface area contributed by atoms with E-state index in [1.165, 1.54) is 6.42 Å². The monoisotopic (exact) mass is 350 g/mol. The number of hydrogen-bond donors (Lipinski definition) is 1. The lowest BCUT2D eigenvalue weighted by Gasteiger charge is -2.28. The van der Waals surface area contributed by atoms with Gasteiger partial charge in [0.05, 0.1) is 11.4 Å². The minimum Gasteiger partial charge on any atom is -0.366 e. The molecule has 0 radical (unpaired) electrons. The third kappa shape index (κ3) is 3.04. The molecule has 1 aromatic heterocycles. The first-order valence-corrected chi connectivity index (χ1v) is 10.7. The predicted octanol–water partition coefficient (Wildman–Crippen LogP) is 2.26. The first-order chi connectivity index (χ1) is 11.6. The quantitative estimate of drug-likeness (QED) is 0.901. The molecule has 3 atom stereocenters. The minimum atomic E-state index is -3.12. The Morgan fingerprint density at radius 1 is 1.04 bits per heavy atom. The fourth-order valence-electron chi connectivity index (χ4n) is 4.75. The average Bonchev–Trinajstić information content (AvgIpc) is 3.19. The number of rotatable bonds is 4. The molecular formula is C17H26N4O2S. The van der Waals surface area contributed by atoms with Crippen molar-refractivity contribution in [2.45, 2.75) is 56.2 Å². The topological polar surface area (TPSA) is 75.2 Å². The molecular weight excluding hydrogens is 324 g/mol. The summed E-state index contributed by atoms with van der Waals surface area (Å²) in [5.74, 6) is 1.67. The Hall–Kier alpha value is -1.21. The first-order valence-electron chi connectivity index (χ1n) is 9.16. The Morgan fingerprint density at radius 3 is 2.62 bits per heavy atom. The molecule has 2 heterocycles. The van der Waals surface area contributed by atoms with Crippen LogP contribution in [-0.2, 0) is 10.0 Å². The lowest BCUT2D eigenvalue weighted by Crippen LogP contribution is -2.40. The molecule has 0 spiro atoms. The molecule has 0 aromatic carbocycles. The molecule has 2 aliphatic carbocycles. The standard InChI is InChI=1S/C17H26N4O2S/c22-24(23,14-4-2-1-3-5-14)21-11-13-6-7-16(15(13)12-21)20-17-10-18-8-9-19-17/h8-10,13-16H,1-7,11-12H2,(H,19,20)/t13-,15+,16-/m1/s1. The molecule has 1 saturated heterocycles. The van der Waals surface area contributed by atoms with Crippen LogP contribution >= 0.6 is 0 Å². The third-order valence-corrected chi connectivity index (χ3v) is 8.38. The van der Waals surface area contributed by atoms with Gasteiger partial charge in [-0.2, -0.15) is 0 Å². The zero-order chi connectivity index (χ0) is 16.6. The molecule has 1 N–H and O–H groups in total. The van der Waals surface area contributed by atoms with Crippen molar-refractivity contribution in [2.75, 3.05) is 18.4 Å². The predicted molar refractivity (Wildman–Crippen MR) is 93.0 cm³/mol. The Morgan fingerprint density at radius 2 is 1.88 bits per heavy atom. The van der Waals surface area contributed by atoms with E-state index in [2.05, 4.69) is 15.3 Å². The maximum Gasteiger partial charge on any atom is 0.216 e. The lowest BCUT2D eigenvalue weighted by atomic mass is 9.98. The molecule has 2 saturated carbocycles. The Labute approximate surface area is 144 Å². The van der Waals surface area contributed by atoms with Gasteiger partial charge in [0.2, 0.25) is 10.0 Å². The molecule has 3 fully saturated rings. The van der Waals surface area contributed by atoms with Crippen LogP contribution < -0.4 is 5.32 Å². The van der Waals surface area contributed by atoms with Crippen molar-refractivity contribution >= 4 is 15.8 Å². The second-order valence-corrected chi connectivity index (χ2v) is 9.68. The van der Waals surface area contributed by atoms with Crippen LogP contribution in [0.4, 0.5) is 5.82 Å². The van der Waals surface area contributed by atoms with E-state index in [0.29, 0.717) is 31.0 Å². The second kappa shape index (κ2) is 6.59. The molecule has 1 aromatic rings. The summed E-state index contributed by atoms with van der Waals surface area (Å²) in [6.07, 6.45) is 12.2. The number of anilines is 1. The summed E-state index contributed by atoms with van der Waals surface area (Å²) in [6.45, 7) is 1.38. The fraction of sp³-hybridized carbons (Fsp3) is 0.765. The molecule has 4 rings (SSSR count). The number of nitrogens with zero attached hydrogens (tertiary/aromatic N) is 3. The van der Waals surface area contributed by atoms with E-state index in [4.69, 9.17) is 0 Å². The molecule has 6 nitrogen and oxygen atoms in total. The van der Waals surface area contributed by atoms with E-state index in [1.807, 2.05) is 0 Å². The van der Waals surface area contributed by atoms with Crippen LogP contribution in [0.2, 0.25) is 0 Å². The summed E-state index contributed by atoms with van der Waals surface area (Å²) < 4.78 is 27.7. The van der Waals surface area contributed by atoms with Crippen LogP contribution in [0.1, 0.15) is 44.9 Å². The molecule has 1 aliphatic heterocycles. The van der Waals surface area contributed by atoms with Crippen LogP contribution in [0.3, 0.4) is 0 Å². The Kier molecular flexibility index (Phi) is 4.47. The zero-order valence-corrected chi connectivity index (χ0v) is 14.8. The van der Waals surface area contributed by atoms with Gasteiger partial charge in [-0.15, -0.1) is 0 Å². The van der Waals surface area contributed by atoms with Gasteiger partial charge in [-0.3, -0.25) is 4.98 Å². The van der Waals surface area contributed by atoms with Crippen molar-refractivity contribution in [3.05, 3.63) is 18.6 Å². The lowest BCUT2D eigenvalue weighted by molar-refractivity contribution is 0.407. The highest BCUT2D eigenvalue weighted by Gasteiger charge is 2.47. The smallest absolute Gasteiger partial charge is 0.216 e. The molecule has 0 bridgehead atoms. The van der Waals surface area contributed by atoms with Crippen molar-refractivity contribution in [1.82, 2.24) is 14.3 Å². The molecule has 0 amide bonds. The van der Waals surface area contributed by atoms with E-state index in [9.17, 15) is 8.42 Å². The number of sulfonamides is 1. The summed E-state index contributed by atoms with van der Waals surface area (Å²) in [5, 5.41) is 3.33. The van der Waals surface area contributed by atoms with Gasteiger partial charge >= 0.3 is 0 Å². The van der Waals surface area contributed by atoms with Crippen LogP contribution in [0.25, 0.3) is 0 Å². The fourth-order valence-corrected chi connectivity index (χ4v) is 6.88. The van der Waals surface area contributed by atoms with Crippen molar-refractivity contribution in [2.24, 2.45) is 11.8 Å². The van der Waals surface area contributed by atoms with E-state index >= 15 is 0 Å². The number of aromatic nitrogens is 2. The van der Waals surface area contributed by atoms with E-state index in [0.717, 1.165) is 44.3 Å². The zero-order valence-electron chi connectivity index (χ0n) is 14.0. The highest BCUT2D eigenvalue weighted by molar-refractivity contribution is 7.89. The Bertz CT molecular complexity index is 660. The van der Waals surface area contributed by atoms with Crippen molar-refractivity contribution < 1.29 is 8.42 Å². The number of nitrogens with one attached hydrogen (secondary N) is 1. The highest BCUT2D eigenvalue weighted by atomic mass is 32.2. The SMILES string of the molecule is O=S(=O)(C1CCCCC1)N1C[C@H]2CC[C@@H](Nc3cnccn3)[C@H]2C1. The summed E-state index contributed by atoms with van der Waals surface area (Å²) >= 11 is 0. The van der Waals surface area contributed by atoms with E-state index in [1.54, 1.807) is 22.9 Å². The van der Waals surface area contributed by atoms with Crippen LogP contribution in [0.5, 0.6) is 0 Å². The van der Waals surface area contributed by atoms with E-state index < -0.39 is 10.0 Å². The average molecular weight is 350 g/mol. The third-order valence-electron chi connectivity index (χ3n) is 6.05. The summed E-state index contributed by atoms with van der Waals surface area (Å²) in [6, 6.07) is 0.304. The Balaban J connectivity index is 1.43. The summed E-state index contributed by atoms with van der Waals surface area (Å²) in [7, 11) is -3.12. The van der Waals surface area contributed by atoms with E-state index in [-0.39, 0.29) is 5.25 Å². The van der Waals surface area contributed by atoms with Gasteiger partial charge in [0, 0.05) is 31.5 Å². The largest absolute Gasteiger partial charge is 0.366 e. The van der Waals surface area contributed by atoms with Crippen molar-refractivity contribution in [3.63, 3.8) is 0 Å². The van der Waals surface area contributed by atoms with Gasteiger partial charge in [0.25, 0.3) is 0 Å². The summed E-state index contributed by atoms with van der Waals surface area (Å²) in [5.41, 5.74) is 0. The summed E-state index contributed by atoms with van der Waals surface area (Å²) in [4.78, 5) is 8.39. The van der Waals surface area contributed by atoms with Gasteiger partial charge in [-0.25, -0.2) is 17.7 Å². The molecule has 132 valence electrons. The molecule has 7 heteroatoms. The van der Waals surface area contributed by atoms with Crippen LogP contribution in [0, 0.1) is 11.8 Å². The van der Waals surface area contributed by atoms with Gasteiger partial charge in [-0.05, 0) is 37.5 Å².